The Bertz CT molecular complexity index is 611. The standard InChI is InChI=1S/C17H23N3O2S/c1-4-12(5-2)16-19-20-17(23-16)18-15(21)14(6-3)22-13-10-8-7-9-11-13/h7-12,14H,4-6H2,1-3H3,(H,18,20,21)/t14-/m1/s1. The van der Waals surface area contributed by atoms with Crippen LogP contribution in [0.4, 0.5) is 5.13 Å². The Kier molecular flexibility index (Phi) is 6.52. The number of amides is 1. The second kappa shape index (κ2) is 8.62. The van der Waals surface area contributed by atoms with Crippen molar-refractivity contribution in [3.63, 3.8) is 0 Å². The number of carbonyl (C=O) groups excluding carboxylic acids is 1. The second-order valence-electron chi connectivity index (χ2n) is 5.28. The Labute approximate surface area is 141 Å². The van der Waals surface area contributed by atoms with E-state index in [1.807, 2.05) is 37.3 Å². The molecule has 0 radical (unpaired) electrons. The molecule has 6 heteroatoms. The van der Waals surface area contributed by atoms with Crippen LogP contribution in [0.1, 0.15) is 51.0 Å². The van der Waals surface area contributed by atoms with Crippen LogP contribution in [-0.2, 0) is 4.79 Å². The van der Waals surface area contributed by atoms with Crippen molar-refractivity contribution in [2.45, 2.75) is 52.1 Å². The lowest BCUT2D eigenvalue weighted by Gasteiger charge is -2.16. The quantitative estimate of drug-likeness (QED) is 0.785. The Morgan fingerprint density at radius 3 is 2.43 bits per heavy atom. The largest absolute Gasteiger partial charge is 0.481 e. The molecule has 1 N–H and O–H groups in total. The van der Waals surface area contributed by atoms with E-state index >= 15 is 0 Å². The summed E-state index contributed by atoms with van der Waals surface area (Å²) in [4.78, 5) is 12.4. The molecule has 0 aliphatic carbocycles. The molecule has 0 aliphatic heterocycles. The van der Waals surface area contributed by atoms with Gasteiger partial charge in [-0.3, -0.25) is 10.1 Å². The molecule has 1 amide bonds. The van der Waals surface area contributed by atoms with Gasteiger partial charge in [0.1, 0.15) is 10.8 Å². The molecule has 0 spiro atoms. The predicted molar refractivity (Wildman–Crippen MR) is 93.0 cm³/mol. The highest BCUT2D eigenvalue weighted by molar-refractivity contribution is 7.15. The highest BCUT2D eigenvalue weighted by Crippen LogP contribution is 2.28. The first-order valence-electron chi connectivity index (χ1n) is 8.03. The van der Waals surface area contributed by atoms with Gasteiger partial charge < -0.3 is 4.74 Å². The molecule has 23 heavy (non-hydrogen) atoms. The van der Waals surface area contributed by atoms with Crippen LogP contribution in [0.15, 0.2) is 30.3 Å². The number of nitrogens with one attached hydrogen (secondary N) is 1. The van der Waals surface area contributed by atoms with Crippen molar-refractivity contribution in [3.8, 4) is 5.75 Å². The number of carbonyl (C=O) groups is 1. The lowest BCUT2D eigenvalue weighted by atomic mass is 10.1. The van der Waals surface area contributed by atoms with Crippen LogP contribution in [0.5, 0.6) is 5.75 Å². The number of hydrogen-bond acceptors (Lipinski definition) is 5. The highest BCUT2D eigenvalue weighted by atomic mass is 32.1. The third kappa shape index (κ3) is 4.76. The molecular weight excluding hydrogens is 310 g/mol. The SMILES string of the molecule is CCC(CC)c1nnc(NC(=O)[C@@H](CC)Oc2ccccc2)s1. The van der Waals surface area contributed by atoms with Crippen molar-refractivity contribution in [2.24, 2.45) is 0 Å². The Balaban J connectivity index is 1.99. The molecule has 1 heterocycles. The zero-order valence-corrected chi connectivity index (χ0v) is 14.6. The molecule has 124 valence electrons. The number of aromatic nitrogens is 2. The minimum atomic E-state index is -0.544. The third-order valence-corrected chi connectivity index (χ3v) is 4.69. The van der Waals surface area contributed by atoms with Crippen LogP contribution in [0.25, 0.3) is 0 Å². The molecule has 1 aromatic carbocycles. The molecule has 0 aliphatic rings. The zero-order chi connectivity index (χ0) is 16.7. The lowest BCUT2D eigenvalue weighted by molar-refractivity contribution is -0.122. The number of rotatable bonds is 8. The van der Waals surface area contributed by atoms with Gasteiger partial charge in [-0.25, -0.2) is 0 Å². The minimum Gasteiger partial charge on any atom is -0.481 e. The van der Waals surface area contributed by atoms with Crippen molar-refractivity contribution in [1.29, 1.82) is 0 Å². The van der Waals surface area contributed by atoms with E-state index in [2.05, 4.69) is 29.4 Å². The first-order valence-corrected chi connectivity index (χ1v) is 8.85. The first kappa shape index (κ1) is 17.4. The molecule has 1 atom stereocenters. The average Bonchev–Trinajstić information content (AvgIpc) is 3.03. The second-order valence-corrected chi connectivity index (χ2v) is 6.29. The van der Waals surface area contributed by atoms with Crippen molar-refractivity contribution in [3.05, 3.63) is 35.3 Å². The summed E-state index contributed by atoms with van der Waals surface area (Å²) >= 11 is 1.44. The van der Waals surface area contributed by atoms with Crippen molar-refractivity contribution in [2.75, 3.05) is 5.32 Å². The van der Waals surface area contributed by atoms with Crippen molar-refractivity contribution in [1.82, 2.24) is 10.2 Å². The number of para-hydroxylation sites is 1. The van der Waals surface area contributed by atoms with Crippen LogP contribution < -0.4 is 10.1 Å². The molecule has 0 saturated heterocycles. The van der Waals surface area contributed by atoms with Gasteiger partial charge >= 0.3 is 0 Å². The zero-order valence-electron chi connectivity index (χ0n) is 13.8. The first-order chi connectivity index (χ1) is 11.2. The maximum absolute atomic E-state index is 12.4. The van der Waals surface area contributed by atoms with Crippen LogP contribution in [0.3, 0.4) is 0 Å². The number of nitrogens with zero attached hydrogens (tertiary/aromatic N) is 2. The van der Waals surface area contributed by atoms with Crippen LogP contribution >= 0.6 is 11.3 Å². The van der Waals surface area contributed by atoms with Gasteiger partial charge in [0, 0.05) is 5.92 Å². The van der Waals surface area contributed by atoms with Crippen molar-refractivity contribution < 1.29 is 9.53 Å². The fourth-order valence-electron chi connectivity index (χ4n) is 2.26. The Morgan fingerprint density at radius 2 is 1.83 bits per heavy atom. The maximum atomic E-state index is 12.4. The Morgan fingerprint density at radius 1 is 1.13 bits per heavy atom. The van der Waals surface area contributed by atoms with Gasteiger partial charge in [0.2, 0.25) is 5.13 Å². The van der Waals surface area contributed by atoms with Gasteiger partial charge in [0.15, 0.2) is 6.10 Å². The fourth-order valence-corrected chi connectivity index (χ4v) is 3.27. The molecule has 0 unspecified atom stereocenters. The van der Waals surface area contributed by atoms with E-state index in [9.17, 15) is 4.79 Å². The van der Waals surface area contributed by atoms with Gasteiger partial charge in [0.25, 0.3) is 5.91 Å². The summed E-state index contributed by atoms with van der Waals surface area (Å²) in [5.74, 6) is 0.897. The van der Waals surface area contributed by atoms with Crippen molar-refractivity contribution >= 4 is 22.4 Å². The van der Waals surface area contributed by atoms with E-state index in [0.717, 1.165) is 17.8 Å². The average molecular weight is 333 g/mol. The molecule has 2 aromatic rings. The molecule has 0 bridgehead atoms. The van der Waals surface area contributed by atoms with E-state index in [1.54, 1.807) is 0 Å². The molecule has 2 rings (SSSR count). The molecule has 0 saturated carbocycles. The van der Waals surface area contributed by atoms with E-state index in [1.165, 1.54) is 11.3 Å². The van der Waals surface area contributed by atoms with E-state index < -0.39 is 6.10 Å². The van der Waals surface area contributed by atoms with Gasteiger partial charge in [-0.05, 0) is 31.4 Å². The monoisotopic (exact) mass is 333 g/mol. The van der Waals surface area contributed by atoms with Crippen LogP contribution in [0, 0.1) is 0 Å². The molecule has 1 aromatic heterocycles. The normalized spacial score (nSPS) is 12.2. The maximum Gasteiger partial charge on any atom is 0.267 e. The summed E-state index contributed by atoms with van der Waals surface area (Å²) < 4.78 is 5.74. The van der Waals surface area contributed by atoms with Gasteiger partial charge in [-0.1, -0.05) is 50.3 Å². The summed E-state index contributed by atoms with van der Waals surface area (Å²) in [6.45, 7) is 6.19. The minimum absolute atomic E-state index is 0.191. The summed E-state index contributed by atoms with van der Waals surface area (Å²) in [5, 5.41) is 12.6. The van der Waals surface area contributed by atoms with Gasteiger partial charge in [-0.15, -0.1) is 10.2 Å². The number of benzene rings is 1. The summed E-state index contributed by atoms with van der Waals surface area (Å²) in [7, 11) is 0. The lowest BCUT2D eigenvalue weighted by Crippen LogP contribution is -2.32. The number of ether oxygens (including phenoxy) is 1. The molecule has 5 nitrogen and oxygen atoms in total. The van der Waals surface area contributed by atoms with E-state index in [4.69, 9.17) is 4.74 Å². The summed E-state index contributed by atoms with van der Waals surface area (Å²) in [6, 6.07) is 9.35. The van der Waals surface area contributed by atoms with Crippen LogP contribution in [0.2, 0.25) is 0 Å². The van der Waals surface area contributed by atoms with Gasteiger partial charge in [-0.2, -0.15) is 0 Å². The number of hydrogen-bond donors (Lipinski definition) is 1. The van der Waals surface area contributed by atoms with E-state index in [0.29, 0.717) is 23.2 Å². The van der Waals surface area contributed by atoms with Crippen LogP contribution in [-0.4, -0.2) is 22.2 Å². The third-order valence-electron chi connectivity index (χ3n) is 3.69. The summed E-state index contributed by atoms with van der Waals surface area (Å²) in [6.07, 6.45) is 2.08. The van der Waals surface area contributed by atoms with E-state index in [-0.39, 0.29) is 5.91 Å². The number of anilines is 1. The highest BCUT2D eigenvalue weighted by Gasteiger charge is 2.21. The smallest absolute Gasteiger partial charge is 0.267 e. The predicted octanol–water partition coefficient (Wildman–Crippen LogP) is 4.24. The molecule has 0 fully saturated rings. The summed E-state index contributed by atoms with van der Waals surface area (Å²) in [5.41, 5.74) is 0. The topological polar surface area (TPSA) is 64.1 Å². The molecular formula is C17H23N3O2S. The fraction of sp³-hybridized carbons (Fsp3) is 0.471. The van der Waals surface area contributed by atoms with Gasteiger partial charge in [0.05, 0.1) is 0 Å². The Hall–Kier alpha value is -1.95.